The van der Waals surface area contributed by atoms with Crippen LogP contribution in [0.15, 0.2) is 158 Å². The van der Waals surface area contributed by atoms with Crippen LogP contribution in [0.1, 0.15) is 284 Å². The van der Waals surface area contributed by atoms with Gasteiger partial charge in [0.15, 0.2) is 0 Å². The van der Waals surface area contributed by atoms with E-state index >= 15 is 0 Å². The zero-order valence-electron chi connectivity index (χ0n) is 57.4. The van der Waals surface area contributed by atoms with Crippen molar-refractivity contribution in [3.63, 3.8) is 0 Å². The summed E-state index contributed by atoms with van der Waals surface area (Å²) in [5.74, 6) is -0.220. The van der Waals surface area contributed by atoms with Gasteiger partial charge in [-0.15, -0.1) is 0 Å². The lowest BCUT2D eigenvalue weighted by molar-refractivity contribution is -0.870. The van der Waals surface area contributed by atoms with Gasteiger partial charge in [-0.1, -0.05) is 313 Å². The lowest BCUT2D eigenvalue weighted by Crippen LogP contribution is -2.45. The second-order valence-corrected chi connectivity index (χ2v) is 26.3. The maximum absolute atomic E-state index is 13.0. The number of aliphatic hydroxyl groups is 1. The van der Waals surface area contributed by atoms with Crippen LogP contribution in [0.5, 0.6) is 0 Å². The van der Waals surface area contributed by atoms with E-state index in [2.05, 4.69) is 165 Å². The highest BCUT2D eigenvalue weighted by Gasteiger charge is 2.28. The van der Waals surface area contributed by atoms with E-state index in [1.807, 2.05) is 27.2 Å². The van der Waals surface area contributed by atoms with Crippen LogP contribution in [-0.2, 0) is 18.4 Å². The fourth-order valence-electron chi connectivity index (χ4n) is 9.69. The number of carbonyl (C=O) groups excluding carboxylic acids is 1. The molecule has 3 N–H and O–H groups in total. The van der Waals surface area contributed by atoms with E-state index in [1.54, 1.807) is 6.08 Å². The number of quaternary nitrogens is 1. The predicted octanol–water partition coefficient (Wildman–Crippen LogP) is 23.3. The van der Waals surface area contributed by atoms with E-state index in [4.69, 9.17) is 9.05 Å². The van der Waals surface area contributed by atoms with E-state index in [1.165, 1.54) is 141 Å². The van der Waals surface area contributed by atoms with Crippen LogP contribution in [0, 0.1) is 0 Å². The summed E-state index contributed by atoms with van der Waals surface area (Å²) < 4.78 is 23.8. The molecule has 8 nitrogen and oxygen atoms in total. The van der Waals surface area contributed by atoms with E-state index in [9.17, 15) is 19.4 Å². The number of phosphoric ester groups is 1. The summed E-state index contributed by atoms with van der Waals surface area (Å²) >= 11 is 0. The molecule has 502 valence electrons. The van der Waals surface area contributed by atoms with Gasteiger partial charge in [-0.3, -0.25) is 13.8 Å². The molecule has 0 aromatic carbocycles. The van der Waals surface area contributed by atoms with Crippen molar-refractivity contribution in [3.8, 4) is 0 Å². The number of carbonyl (C=O) groups is 1. The molecule has 0 saturated heterocycles. The van der Waals surface area contributed by atoms with Crippen molar-refractivity contribution in [1.29, 1.82) is 0 Å². The lowest BCUT2D eigenvalue weighted by atomic mass is 10.0. The molecule has 88 heavy (non-hydrogen) atoms. The number of rotatable bonds is 64. The molecular weight excluding hydrogens is 1100 g/mol. The Bertz CT molecular complexity index is 1990. The second kappa shape index (κ2) is 67.5. The highest BCUT2D eigenvalue weighted by Crippen LogP contribution is 2.43. The van der Waals surface area contributed by atoms with E-state index in [0.29, 0.717) is 17.4 Å². The van der Waals surface area contributed by atoms with Crippen molar-refractivity contribution < 1.29 is 32.9 Å². The number of aliphatic hydroxyl groups excluding tert-OH is 1. The van der Waals surface area contributed by atoms with Crippen molar-refractivity contribution in [2.75, 3.05) is 40.9 Å². The molecule has 0 aliphatic heterocycles. The molecule has 1 amide bonds. The number of amides is 1. The van der Waals surface area contributed by atoms with Gasteiger partial charge < -0.3 is 19.8 Å². The van der Waals surface area contributed by atoms with Gasteiger partial charge in [-0.05, 0) is 122 Å². The quantitative estimate of drug-likeness (QED) is 0.0243. The molecular formula is C79H136N2O6P+. The summed E-state index contributed by atoms with van der Waals surface area (Å²) in [6.45, 7) is 4.66. The molecule has 0 aromatic rings. The largest absolute Gasteiger partial charge is 0.472 e. The Labute approximate surface area is 543 Å². The molecule has 0 bridgehead atoms. The third kappa shape index (κ3) is 69.6. The number of nitrogens with one attached hydrogen (secondary N) is 1. The minimum absolute atomic E-state index is 0.0394. The van der Waals surface area contributed by atoms with Crippen molar-refractivity contribution in [2.24, 2.45) is 0 Å². The molecule has 3 atom stereocenters. The minimum atomic E-state index is -4.39. The number of unbranched alkanes of at least 4 members (excludes halogenated alkanes) is 27. The molecule has 3 unspecified atom stereocenters. The van der Waals surface area contributed by atoms with Crippen LogP contribution in [0.25, 0.3) is 0 Å². The smallest absolute Gasteiger partial charge is 0.387 e. The van der Waals surface area contributed by atoms with Gasteiger partial charge in [0.2, 0.25) is 5.91 Å². The Morgan fingerprint density at radius 2 is 0.693 bits per heavy atom. The Hall–Kier alpha value is -3.88. The lowest BCUT2D eigenvalue weighted by Gasteiger charge is -2.25. The first-order valence-electron chi connectivity index (χ1n) is 35.9. The van der Waals surface area contributed by atoms with E-state index in [-0.39, 0.29) is 19.1 Å². The molecule has 0 aliphatic carbocycles. The Morgan fingerprint density at radius 1 is 0.398 bits per heavy atom. The van der Waals surface area contributed by atoms with Crippen LogP contribution >= 0.6 is 7.82 Å². The van der Waals surface area contributed by atoms with E-state index in [0.717, 1.165) is 122 Å². The first kappa shape index (κ1) is 84.1. The van der Waals surface area contributed by atoms with E-state index < -0.39 is 20.0 Å². The molecule has 0 fully saturated rings. The average molecular weight is 1240 g/mol. The Kier molecular flexibility index (Phi) is 64.5. The Morgan fingerprint density at radius 3 is 1.05 bits per heavy atom. The predicted molar refractivity (Wildman–Crippen MR) is 387 cm³/mol. The zero-order valence-corrected chi connectivity index (χ0v) is 58.3. The first-order chi connectivity index (χ1) is 43.0. The summed E-state index contributed by atoms with van der Waals surface area (Å²) in [6, 6.07) is -0.899. The summed E-state index contributed by atoms with van der Waals surface area (Å²) in [6.07, 6.45) is 105. The summed E-state index contributed by atoms with van der Waals surface area (Å²) in [5, 5.41) is 14.0. The minimum Gasteiger partial charge on any atom is -0.387 e. The molecule has 0 radical (unpaired) electrons. The third-order valence-electron chi connectivity index (χ3n) is 15.2. The average Bonchev–Trinajstić information content (AvgIpc) is 3.64. The van der Waals surface area contributed by atoms with Gasteiger partial charge in [0.05, 0.1) is 39.9 Å². The first-order valence-corrected chi connectivity index (χ1v) is 37.4. The molecule has 9 heteroatoms. The fourth-order valence-corrected chi connectivity index (χ4v) is 10.4. The summed E-state index contributed by atoms with van der Waals surface area (Å²) in [4.78, 5) is 23.4. The topological polar surface area (TPSA) is 105 Å². The van der Waals surface area contributed by atoms with Gasteiger partial charge in [-0.2, -0.15) is 0 Å². The highest BCUT2D eigenvalue weighted by molar-refractivity contribution is 7.47. The highest BCUT2D eigenvalue weighted by atomic mass is 31.2. The van der Waals surface area contributed by atoms with Crippen LogP contribution in [-0.4, -0.2) is 73.4 Å². The number of nitrogens with zero attached hydrogens (tertiary/aromatic N) is 1. The Balaban J connectivity index is 4.26. The molecule has 0 spiro atoms. The maximum atomic E-state index is 13.0. The van der Waals surface area contributed by atoms with Crippen molar-refractivity contribution >= 4 is 13.7 Å². The van der Waals surface area contributed by atoms with Gasteiger partial charge in [0, 0.05) is 6.42 Å². The third-order valence-corrected chi connectivity index (χ3v) is 16.2. The normalized spacial score (nSPS) is 14.6. The van der Waals surface area contributed by atoms with Crippen LogP contribution in [0.2, 0.25) is 0 Å². The number of likely N-dealkylation sites (N-methyl/N-ethyl adjacent to an activating group) is 1. The monoisotopic (exact) mass is 1240 g/mol. The number of hydrogen-bond acceptors (Lipinski definition) is 5. The molecule has 0 aromatic heterocycles. The van der Waals surface area contributed by atoms with Gasteiger partial charge >= 0.3 is 7.82 Å². The standard InChI is InChI=1S/C79H135N2O6P/c1-6-8-10-12-14-16-18-20-22-24-26-28-30-32-34-36-38-39-40-41-43-45-47-49-51-53-55-57-59-61-63-65-67-69-71-73-79(83)80-77(76-87-88(84,85)86-75-74-81(3,4)5)78(82)72-70-68-66-64-62-60-58-56-54-52-50-48-46-44-42-37-35-33-31-29-27-25-23-21-19-17-15-13-11-9-7-2/h8,10,14,16,20,22,26,28,32,34,38-39,41,43,47,49,53-56,59,61-62,64,70,72,77-78,82H,6-7,9,11-13,15,17-19,21,23-25,27,29-31,33,35-37,40,42,44-46,48,50-52,57-58,60,63,65-69,71,73-76H2,1-5H3,(H-,80,83,84,85)/p+1/b10-8-,16-14-,22-20-,28-26-,34-32-,39-38-,43-41-,49-47-,55-53-,56-54+,61-59-,64-62+,72-70+. The molecule has 0 aliphatic rings. The number of hydrogen-bond donors (Lipinski definition) is 3. The van der Waals surface area contributed by atoms with Gasteiger partial charge in [0.25, 0.3) is 0 Å². The number of phosphoric acid groups is 1. The zero-order chi connectivity index (χ0) is 64.1. The van der Waals surface area contributed by atoms with Crippen molar-refractivity contribution in [2.45, 2.75) is 296 Å². The van der Waals surface area contributed by atoms with Crippen LogP contribution < -0.4 is 5.32 Å². The SMILES string of the molecule is CC/C=C\C/C=C\C/C=C\C/C=C\C/C=C\C/C=C\C/C=C\C/C=C\C/C=C\C/C=C\CCCCCCC(=O)NC(COP(=O)(O)OCC[N+](C)(C)C)C(O)/C=C/CC/C=C/CC/C=C/CCCCCCCCCCCCCCCCCCCCCCC. The van der Waals surface area contributed by atoms with Crippen molar-refractivity contribution in [1.82, 2.24) is 5.32 Å². The molecule has 0 saturated carbocycles. The van der Waals surface area contributed by atoms with Gasteiger partial charge in [0.1, 0.15) is 13.2 Å². The molecule has 0 heterocycles. The summed E-state index contributed by atoms with van der Waals surface area (Å²) in [7, 11) is 1.51. The van der Waals surface area contributed by atoms with Crippen molar-refractivity contribution in [3.05, 3.63) is 158 Å². The molecule has 0 rings (SSSR count). The second-order valence-electron chi connectivity index (χ2n) is 24.9. The van der Waals surface area contributed by atoms with Crippen LogP contribution in [0.4, 0.5) is 0 Å². The van der Waals surface area contributed by atoms with Gasteiger partial charge in [-0.25, -0.2) is 4.57 Å². The fraction of sp³-hybridized carbons (Fsp3) is 0.658. The van der Waals surface area contributed by atoms with Crippen LogP contribution in [0.3, 0.4) is 0 Å². The maximum Gasteiger partial charge on any atom is 0.472 e. The summed E-state index contributed by atoms with van der Waals surface area (Å²) in [5.41, 5.74) is 0. The number of allylic oxidation sites excluding steroid dienone is 25.